The summed E-state index contributed by atoms with van der Waals surface area (Å²) in [4.78, 5) is 15.9. The van der Waals surface area contributed by atoms with Gasteiger partial charge in [-0.15, -0.1) is 11.8 Å². The molecule has 1 saturated heterocycles. The maximum Gasteiger partial charge on any atom is 0.222 e. The standard InChI is InChI=1S/C30H45NO2S/c1-20(18-33-19-21-6-8-22(34-5)9-7-21)24-11-12-25-23-10-13-27-30(3,17-15-28(32)31(27)4)26(23)14-16-29(24,25)2/h6-9,20,23-27H,10-19H2,1-5H3/t20?,23-,24+,25-,26-,27+,29+,30+/m0/s1. The van der Waals surface area contributed by atoms with Crippen LogP contribution in [0, 0.1) is 40.4 Å². The highest BCUT2D eigenvalue weighted by Crippen LogP contribution is 2.67. The Bertz CT molecular complexity index is 886. The van der Waals surface area contributed by atoms with Crippen molar-refractivity contribution < 1.29 is 9.53 Å². The molecule has 4 fully saturated rings. The first kappa shape index (κ1) is 24.7. The smallest absolute Gasteiger partial charge is 0.222 e. The Kier molecular flexibility index (Phi) is 6.87. The molecule has 1 heterocycles. The summed E-state index contributed by atoms with van der Waals surface area (Å²) in [6, 6.07) is 9.27. The van der Waals surface area contributed by atoms with E-state index in [1.165, 1.54) is 49.0 Å². The Hall–Kier alpha value is -1.00. The molecule has 0 aromatic heterocycles. The number of carbonyl (C=O) groups excluding carboxylic acids is 1. The van der Waals surface area contributed by atoms with E-state index in [9.17, 15) is 4.79 Å². The lowest BCUT2D eigenvalue weighted by atomic mass is 9.46. The minimum Gasteiger partial charge on any atom is -0.376 e. The first-order valence-electron chi connectivity index (χ1n) is 13.7. The Morgan fingerprint density at radius 3 is 2.50 bits per heavy atom. The van der Waals surface area contributed by atoms with E-state index in [0.29, 0.717) is 28.7 Å². The topological polar surface area (TPSA) is 29.5 Å². The molecule has 5 rings (SSSR count). The van der Waals surface area contributed by atoms with Gasteiger partial charge in [0.05, 0.1) is 6.61 Å². The molecule has 0 spiro atoms. The van der Waals surface area contributed by atoms with Gasteiger partial charge in [-0.1, -0.05) is 32.9 Å². The van der Waals surface area contributed by atoms with Crippen LogP contribution in [0.5, 0.6) is 0 Å². The van der Waals surface area contributed by atoms with Gasteiger partial charge < -0.3 is 9.64 Å². The lowest BCUT2D eigenvalue weighted by Crippen LogP contribution is -2.61. The minimum absolute atomic E-state index is 0.325. The van der Waals surface area contributed by atoms with Gasteiger partial charge in [0.2, 0.25) is 5.91 Å². The second kappa shape index (κ2) is 9.47. The molecule has 1 aromatic carbocycles. The quantitative estimate of drug-likeness (QED) is 0.406. The maximum atomic E-state index is 12.4. The van der Waals surface area contributed by atoms with Crippen LogP contribution in [0.1, 0.15) is 77.7 Å². The summed E-state index contributed by atoms with van der Waals surface area (Å²) in [5.41, 5.74) is 2.07. The molecule has 1 amide bonds. The first-order valence-corrected chi connectivity index (χ1v) is 15.0. The summed E-state index contributed by atoms with van der Waals surface area (Å²) in [5.74, 6) is 4.28. The molecule has 3 saturated carbocycles. The van der Waals surface area contributed by atoms with E-state index in [4.69, 9.17) is 4.74 Å². The number of nitrogens with zero attached hydrogens (tertiary/aromatic N) is 1. The van der Waals surface area contributed by atoms with E-state index in [1.54, 1.807) is 11.8 Å². The van der Waals surface area contributed by atoms with Gasteiger partial charge in [-0.25, -0.2) is 0 Å². The lowest BCUT2D eigenvalue weighted by Gasteiger charge is -2.62. The number of likely N-dealkylation sites (tertiary alicyclic amines) is 1. The summed E-state index contributed by atoms with van der Waals surface area (Å²) in [6.07, 6.45) is 12.0. The van der Waals surface area contributed by atoms with Crippen LogP contribution in [0.15, 0.2) is 29.2 Å². The summed E-state index contributed by atoms with van der Waals surface area (Å²) < 4.78 is 6.26. The molecule has 4 heteroatoms. The number of thioether (sulfide) groups is 1. The van der Waals surface area contributed by atoms with Crippen LogP contribution in [0.3, 0.4) is 0 Å². The second-order valence-electron chi connectivity index (χ2n) is 12.5. The predicted octanol–water partition coefficient (Wildman–Crippen LogP) is 7.04. The average Bonchev–Trinajstić information content (AvgIpc) is 3.19. The van der Waals surface area contributed by atoms with Crippen molar-refractivity contribution in [3.05, 3.63) is 29.8 Å². The Morgan fingerprint density at radius 1 is 1.03 bits per heavy atom. The summed E-state index contributed by atoms with van der Waals surface area (Å²) >= 11 is 1.79. The van der Waals surface area contributed by atoms with Crippen LogP contribution < -0.4 is 0 Å². The molecule has 34 heavy (non-hydrogen) atoms. The highest BCUT2D eigenvalue weighted by Gasteiger charge is 2.61. The molecule has 8 atom stereocenters. The molecule has 0 radical (unpaired) electrons. The number of piperidine rings is 1. The number of hydrogen-bond donors (Lipinski definition) is 0. The fourth-order valence-corrected chi connectivity index (χ4v) is 9.73. The van der Waals surface area contributed by atoms with Crippen molar-refractivity contribution >= 4 is 17.7 Å². The van der Waals surface area contributed by atoms with Crippen molar-refractivity contribution in [2.75, 3.05) is 19.9 Å². The number of fused-ring (bicyclic) bond motifs is 5. The fourth-order valence-electron chi connectivity index (χ4n) is 9.33. The zero-order valence-corrected chi connectivity index (χ0v) is 22.8. The van der Waals surface area contributed by atoms with Gasteiger partial charge in [0.25, 0.3) is 0 Å². The monoisotopic (exact) mass is 483 g/mol. The van der Waals surface area contributed by atoms with Crippen molar-refractivity contribution in [3.8, 4) is 0 Å². The highest BCUT2D eigenvalue weighted by molar-refractivity contribution is 7.98. The van der Waals surface area contributed by atoms with E-state index in [0.717, 1.165) is 49.7 Å². The largest absolute Gasteiger partial charge is 0.376 e. The van der Waals surface area contributed by atoms with Gasteiger partial charge in [-0.3, -0.25) is 4.79 Å². The highest BCUT2D eigenvalue weighted by atomic mass is 32.2. The average molecular weight is 484 g/mol. The Morgan fingerprint density at radius 2 is 1.76 bits per heavy atom. The number of amides is 1. The van der Waals surface area contributed by atoms with Crippen LogP contribution >= 0.6 is 11.8 Å². The van der Waals surface area contributed by atoms with Crippen molar-refractivity contribution in [2.45, 2.75) is 89.7 Å². The van der Waals surface area contributed by atoms with Gasteiger partial charge in [0.1, 0.15) is 0 Å². The van der Waals surface area contributed by atoms with Gasteiger partial charge in [-0.2, -0.15) is 0 Å². The molecule has 1 unspecified atom stereocenters. The maximum absolute atomic E-state index is 12.4. The SMILES string of the molecule is CSc1ccc(COCC(C)[C@H]2CC[C@H]3[C@@H]4CC[C@H]5N(C)C(=O)CC[C@]5(C)[C@H]4CC[C@]23C)cc1. The molecule has 1 aliphatic heterocycles. The number of hydrogen-bond acceptors (Lipinski definition) is 3. The van der Waals surface area contributed by atoms with E-state index >= 15 is 0 Å². The van der Waals surface area contributed by atoms with Crippen molar-refractivity contribution in [1.29, 1.82) is 0 Å². The molecule has 0 bridgehead atoms. The fraction of sp³-hybridized carbons (Fsp3) is 0.767. The number of ether oxygens (including phenoxy) is 1. The number of benzene rings is 1. The lowest BCUT2D eigenvalue weighted by molar-refractivity contribution is -0.159. The zero-order chi connectivity index (χ0) is 24.1. The minimum atomic E-state index is 0.325. The molecule has 4 aliphatic rings. The first-order chi connectivity index (χ1) is 16.3. The molecule has 0 N–H and O–H groups in total. The molecule has 1 aromatic rings. The third kappa shape index (κ3) is 4.05. The van der Waals surface area contributed by atoms with Gasteiger partial charge >= 0.3 is 0 Å². The van der Waals surface area contributed by atoms with Crippen LogP contribution in [0.4, 0.5) is 0 Å². The summed E-state index contributed by atoms with van der Waals surface area (Å²) in [5, 5.41) is 0. The van der Waals surface area contributed by atoms with Crippen molar-refractivity contribution in [2.24, 2.45) is 40.4 Å². The van der Waals surface area contributed by atoms with Crippen molar-refractivity contribution in [3.63, 3.8) is 0 Å². The predicted molar refractivity (Wildman–Crippen MR) is 141 cm³/mol. The summed E-state index contributed by atoms with van der Waals surface area (Å²) in [6.45, 7) is 9.21. The van der Waals surface area contributed by atoms with E-state index < -0.39 is 0 Å². The zero-order valence-electron chi connectivity index (χ0n) is 22.0. The number of carbonyl (C=O) groups is 1. The molecule has 3 nitrogen and oxygen atoms in total. The van der Waals surface area contributed by atoms with E-state index in [-0.39, 0.29) is 0 Å². The van der Waals surface area contributed by atoms with Crippen LogP contribution in [-0.2, 0) is 16.1 Å². The molecular weight excluding hydrogens is 438 g/mol. The third-order valence-corrected chi connectivity index (χ3v) is 11.9. The van der Waals surface area contributed by atoms with Gasteiger partial charge in [0.15, 0.2) is 0 Å². The summed E-state index contributed by atoms with van der Waals surface area (Å²) in [7, 11) is 2.07. The van der Waals surface area contributed by atoms with Crippen LogP contribution in [0.25, 0.3) is 0 Å². The van der Waals surface area contributed by atoms with Gasteiger partial charge in [0, 0.05) is 31.0 Å². The van der Waals surface area contributed by atoms with E-state index in [2.05, 4.69) is 63.2 Å². The van der Waals surface area contributed by atoms with Crippen LogP contribution in [-0.4, -0.2) is 36.8 Å². The normalized spacial score (nSPS) is 40.4. The molecule has 188 valence electrons. The molecular formula is C30H45NO2S. The Labute approximate surface area is 211 Å². The van der Waals surface area contributed by atoms with E-state index in [1.807, 2.05) is 0 Å². The van der Waals surface area contributed by atoms with Gasteiger partial charge in [-0.05, 0) is 109 Å². The second-order valence-corrected chi connectivity index (χ2v) is 13.4. The third-order valence-electron chi connectivity index (χ3n) is 11.1. The van der Waals surface area contributed by atoms with Crippen molar-refractivity contribution in [1.82, 2.24) is 4.90 Å². The Balaban J connectivity index is 1.23. The number of rotatable bonds is 6. The molecule has 3 aliphatic carbocycles. The van der Waals surface area contributed by atoms with Crippen LogP contribution in [0.2, 0.25) is 0 Å².